The van der Waals surface area contributed by atoms with Crippen LogP contribution in [0.5, 0.6) is 0 Å². The molecule has 0 aliphatic heterocycles. The lowest BCUT2D eigenvalue weighted by Crippen LogP contribution is -2.47. The van der Waals surface area contributed by atoms with E-state index in [9.17, 15) is 9.59 Å². The fourth-order valence-electron chi connectivity index (χ4n) is 1.00. The molecule has 0 bridgehead atoms. The zero-order valence-corrected chi connectivity index (χ0v) is 11.8. The molecule has 6 heteroatoms. The molecule has 0 rings (SSSR count). The van der Waals surface area contributed by atoms with Gasteiger partial charge in [0.1, 0.15) is 11.6 Å². The lowest BCUT2D eigenvalue weighted by atomic mass is 10.1. The number of nitrogens with two attached hydrogens (primary N) is 1. The molecule has 0 saturated carbocycles. The number of aliphatic carboxylic acids is 1. The van der Waals surface area contributed by atoms with Crippen molar-refractivity contribution in [3.63, 3.8) is 0 Å². The lowest BCUT2D eigenvalue weighted by Gasteiger charge is -2.28. The van der Waals surface area contributed by atoms with Gasteiger partial charge in [0.15, 0.2) is 0 Å². The molecule has 17 heavy (non-hydrogen) atoms. The minimum Gasteiger partial charge on any atom is -0.480 e. The first-order chi connectivity index (χ1) is 7.46. The van der Waals surface area contributed by atoms with Crippen LogP contribution in [-0.2, 0) is 14.3 Å². The maximum atomic E-state index is 11.5. The lowest BCUT2D eigenvalue weighted by molar-refractivity contribution is -0.151. The van der Waals surface area contributed by atoms with Gasteiger partial charge in [-0.3, -0.25) is 9.59 Å². The molecule has 0 spiro atoms. The van der Waals surface area contributed by atoms with E-state index in [2.05, 4.69) is 0 Å². The Labute approximate surface area is 106 Å². The van der Waals surface area contributed by atoms with Crippen molar-refractivity contribution in [1.82, 2.24) is 0 Å². The van der Waals surface area contributed by atoms with Crippen LogP contribution >= 0.6 is 11.8 Å². The van der Waals surface area contributed by atoms with E-state index in [0.717, 1.165) is 0 Å². The van der Waals surface area contributed by atoms with Crippen LogP contribution in [0, 0.1) is 0 Å². The average Bonchev–Trinajstić information content (AvgIpc) is 2.11. The highest BCUT2D eigenvalue weighted by atomic mass is 32.2. The summed E-state index contributed by atoms with van der Waals surface area (Å²) >= 11 is 1.18. The van der Waals surface area contributed by atoms with Crippen molar-refractivity contribution in [3.8, 4) is 0 Å². The van der Waals surface area contributed by atoms with Crippen LogP contribution in [0.15, 0.2) is 0 Å². The number of thioether (sulfide) groups is 1. The smallest absolute Gasteiger partial charge is 0.321 e. The summed E-state index contributed by atoms with van der Waals surface area (Å²) < 4.78 is 4.41. The molecule has 0 heterocycles. The van der Waals surface area contributed by atoms with Crippen LogP contribution in [-0.4, -0.2) is 39.2 Å². The molecular weight excluding hydrogens is 242 g/mol. The summed E-state index contributed by atoms with van der Waals surface area (Å²) in [6, 6.07) is -1.02. The second kappa shape index (κ2) is 5.73. The number of esters is 1. The second-order valence-electron chi connectivity index (χ2n) is 5.29. The highest BCUT2D eigenvalue weighted by molar-refractivity contribution is 8.01. The number of rotatable bonds is 5. The molecule has 0 aromatic heterocycles. The molecule has 0 fully saturated rings. The van der Waals surface area contributed by atoms with Crippen molar-refractivity contribution in [1.29, 1.82) is 0 Å². The molecule has 0 aliphatic carbocycles. The van der Waals surface area contributed by atoms with E-state index in [1.165, 1.54) is 11.8 Å². The molecule has 100 valence electrons. The molecule has 5 nitrogen and oxygen atoms in total. The molecule has 1 atom stereocenters. The van der Waals surface area contributed by atoms with Gasteiger partial charge in [-0.25, -0.2) is 0 Å². The van der Waals surface area contributed by atoms with E-state index < -0.39 is 22.4 Å². The number of carboxylic acid groups (broad SMARTS) is 1. The topological polar surface area (TPSA) is 89.6 Å². The summed E-state index contributed by atoms with van der Waals surface area (Å²) in [5.74, 6) is -1.36. The first-order valence-corrected chi connectivity index (χ1v) is 6.28. The van der Waals surface area contributed by atoms with Crippen LogP contribution in [0.2, 0.25) is 0 Å². The third kappa shape index (κ3) is 6.53. The van der Waals surface area contributed by atoms with E-state index in [1.54, 1.807) is 34.6 Å². The van der Waals surface area contributed by atoms with Crippen molar-refractivity contribution < 1.29 is 19.4 Å². The van der Waals surface area contributed by atoms with E-state index in [-0.39, 0.29) is 11.7 Å². The standard InChI is InChI=1S/C11H21NO4S/c1-10(2,3)16-7(13)6-17-11(4,5)8(12)9(14)15/h8H,6,12H2,1-5H3,(H,14,15)/t8-/m1/s1. The highest BCUT2D eigenvalue weighted by Gasteiger charge is 2.33. The van der Waals surface area contributed by atoms with Gasteiger partial charge in [-0.2, -0.15) is 0 Å². The molecule has 0 aromatic rings. The van der Waals surface area contributed by atoms with Crippen LogP contribution in [0.3, 0.4) is 0 Å². The third-order valence-corrected chi connectivity index (χ3v) is 3.38. The van der Waals surface area contributed by atoms with Crippen LogP contribution < -0.4 is 5.73 Å². The zero-order chi connectivity index (χ0) is 13.9. The molecule has 0 amide bonds. The van der Waals surface area contributed by atoms with Crippen molar-refractivity contribution >= 4 is 23.7 Å². The number of hydrogen-bond acceptors (Lipinski definition) is 5. The third-order valence-electron chi connectivity index (χ3n) is 2.00. The highest BCUT2D eigenvalue weighted by Crippen LogP contribution is 2.27. The fourth-order valence-corrected chi connectivity index (χ4v) is 1.83. The molecule has 0 unspecified atom stereocenters. The van der Waals surface area contributed by atoms with Crippen molar-refractivity contribution in [2.24, 2.45) is 5.73 Å². The van der Waals surface area contributed by atoms with Crippen LogP contribution in [0.4, 0.5) is 0 Å². The maximum absolute atomic E-state index is 11.5. The number of hydrogen-bond donors (Lipinski definition) is 2. The van der Waals surface area contributed by atoms with Crippen molar-refractivity contribution in [2.45, 2.75) is 51.0 Å². The maximum Gasteiger partial charge on any atom is 0.321 e. The van der Waals surface area contributed by atoms with Gasteiger partial charge in [-0.15, -0.1) is 11.8 Å². The number of carboxylic acids is 1. The van der Waals surface area contributed by atoms with Crippen molar-refractivity contribution in [2.75, 3.05) is 5.75 Å². The van der Waals surface area contributed by atoms with E-state index in [0.29, 0.717) is 0 Å². The molecule has 3 N–H and O–H groups in total. The molecule has 0 aromatic carbocycles. The van der Waals surface area contributed by atoms with Gasteiger partial charge in [0.05, 0.1) is 5.75 Å². The Morgan fingerprint density at radius 1 is 1.29 bits per heavy atom. The summed E-state index contributed by atoms with van der Waals surface area (Å²) in [4.78, 5) is 22.2. The Balaban J connectivity index is 4.28. The minimum absolute atomic E-state index is 0.0885. The Morgan fingerprint density at radius 2 is 1.76 bits per heavy atom. The second-order valence-corrected chi connectivity index (χ2v) is 6.92. The summed E-state index contributed by atoms with van der Waals surface area (Å²) in [6.07, 6.45) is 0. The Morgan fingerprint density at radius 3 is 2.12 bits per heavy atom. The van der Waals surface area contributed by atoms with Crippen molar-refractivity contribution in [3.05, 3.63) is 0 Å². The van der Waals surface area contributed by atoms with Gasteiger partial charge in [-0.1, -0.05) is 0 Å². The van der Waals surface area contributed by atoms with Gasteiger partial charge in [-0.05, 0) is 34.6 Å². The number of carbonyl (C=O) groups is 2. The monoisotopic (exact) mass is 263 g/mol. The first kappa shape index (κ1) is 16.2. The van der Waals surface area contributed by atoms with Gasteiger partial charge < -0.3 is 15.6 Å². The van der Waals surface area contributed by atoms with Gasteiger partial charge in [0.2, 0.25) is 0 Å². The average molecular weight is 263 g/mol. The summed E-state index contributed by atoms with van der Waals surface area (Å²) in [6.45, 7) is 8.73. The van der Waals surface area contributed by atoms with Crippen LogP contribution in [0.25, 0.3) is 0 Å². The van der Waals surface area contributed by atoms with Gasteiger partial charge in [0.25, 0.3) is 0 Å². The summed E-state index contributed by atoms with van der Waals surface area (Å²) in [5.41, 5.74) is 5.00. The van der Waals surface area contributed by atoms with Gasteiger partial charge >= 0.3 is 11.9 Å². The number of carbonyl (C=O) groups excluding carboxylic acids is 1. The van der Waals surface area contributed by atoms with E-state index in [1.807, 2.05) is 0 Å². The predicted octanol–water partition coefficient (Wildman–Crippen LogP) is 1.25. The fraction of sp³-hybridized carbons (Fsp3) is 0.818. The number of ether oxygens (including phenoxy) is 1. The normalized spacial score (nSPS) is 14.2. The molecule has 0 aliphatic rings. The Kier molecular flexibility index (Phi) is 5.48. The SMILES string of the molecule is CC(C)(C)OC(=O)CSC(C)(C)[C@H](N)C(=O)O. The van der Waals surface area contributed by atoms with Gasteiger partial charge in [0, 0.05) is 4.75 Å². The largest absolute Gasteiger partial charge is 0.480 e. The molecular formula is C11H21NO4S. The van der Waals surface area contributed by atoms with E-state index >= 15 is 0 Å². The molecule has 0 saturated heterocycles. The Hall–Kier alpha value is -0.750. The summed E-state index contributed by atoms with van der Waals surface area (Å²) in [7, 11) is 0. The zero-order valence-electron chi connectivity index (χ0n) is 10.9. The Bertz CT molecular complexity index is 296. The minimum atomic E-state index is -1.08. The predicted molar refractivity (Wildman–Crippen MR) is 68.0 cm³/mol. The quantitative estimate of drug-likeness (QED) is 0.726. The summed E-state index contributed by atoms with van der Waals surface area (Å²) in [5, 5.41) is 8.81. The first-order valence-electron chi connectivity index (χ1n) is 5.30. The van der Waals surface area contributed by atoms with E-state index in [4.69, 9.17) is 15.6 Å². The molecule has 0 radical (unpaired) electrons. The van der Waals surface area contributed by atoms with Crippen LogP contribution in [0.1, 0.15) is 34.6 Å².